The summed E-state index contributed by atoms with van der Waals surface area (Å²) in [7, 11) is 0. The number of aliphatic hydroxyl groups excluding tert-OH is 1. The summed E-state index contributed by atoms with van der Waals surface area (Å²) in [5.74, 6) is -1.35. The topological polar surface area (TPSA) is 108 Å². The van der Waals surface area contributed by atoms with E-state index >= 15 is 0 Å². The molecule has 1 fully saturated rings. The number of carbonyl (C=O) groups excluding carboxylic acids is 3. The Morgan fingerprint density at radius 2 is 1.18 bits per heavy atom. The Bertz CT molecular complexity index is 1210. The lowest BCUT2D eigenvalue weighted by Crippen LogP contribution is -2.60. The number of hydrogen-bond acceptors (Lipinski definition) is 9. The second kappa shape index (κ2) is 13.2. The number of rotatable bonds is 9. The second-order valence-corrected chi connectivity index (χ2v) is 9.80. The first kappa shape index (κ1) is 27.4. The molecule has 3 aromatic rings. The molecule has 1 aliphatic rings. The lowest BCUT2D eigenvalue weighted by molar-refractivity contribution is -0.206. The molecule has 0 spiro atoms. The van der Waals surface area contributed by atoms with Gasteiger partial charge in [0.25, 0.3) is 0 Å². The molecule has 0 unspecified atom stereocenters. The summed E-state index contributed by atoms with van der Waals surface area (Å²) in [5.41, 5.74) is 0.115. The standard InChI is InChI=1S/C29H28O8S/c1-2-38-29-25(37-28(33)21-16-10-5-11-17-21)24(36-27(32)20-14-8-4-9-15-20)23(30)22(35-29)18-34-26(31)19-12-6-3-7-13-19/h3-17,22-25,29-30H,2,18H2,1H3/t22-,23+,24+,25-,29+/m1/s1. The van der Waals surface area contributed by atoms with Gasteiger partial charge in [-0.25, -0.2) is 14.4 Å². The first-order valence-corrected chi connectivity index (χ1v) is 13.2. The predicted molar refractivity (Wildman–Crippen MR) is 141 cm³/mol. The minimum Gasteiger partial charge on any atom is -0.459 e. The molecule has 0 aromatic heterocycles. The molecular formula is C29H28O8S. The molecule has 1 heterocycles. The van der Waals surface area contributed by atoms with Gasteiger partial charge in [0.1, 0.15) is 24.3 Å². The SMILES string of the molecule is CCS[C@@H]1O[C@H](COC(=O)c2ccccc2)[C@H](O)[C@H](OC(=O)c2ccccc2)[C@H]1OC(=O)c1ccccc1. The first-order valence-electron chi connectivity index (χ1n) is 12.2. The van der Waals surface area contributed by atoms with Crippen molar-refractivity contribution < 1.29 is 38.4 Å². The van der Waals surface area contributed by atoms with Crippen LogP contribution in [0.25, 0.3) is 0 Å². The molecule has 5 atom stereocenters. The van der Waals surface area contributed by atoms with Crippen LogP contribution < -0.4 is 0 Å². The number of carbonyl (C=O) groups is 3. The zero-order chi connectivity index (χ0) is 26.9. The number of ether oxygens (including phenoxy) is 4. The predicted octanol–water partition coefficient (Wildman–Crippen LogP) is 4.13. The fraction of sp³-hybridized carbons (Fsp3) is 0.276. The summed E-state index contributed by atoms with van der Waals surface area (Å²) in [6.45, 7) is 1.60. The second-order valence-electron chi connectivity index (χ2n) is 8.43. The van der Waals surface area contributed by atoms with Gasteiger partial charge in [0.15, 0.2) is 12.2 Å². The molecule has 0 radical (unpaired) electrons. The third-order valence-corrected chi connectivity index (χ3v) is 6.88. The lowest BCUT2D eigenvalue weighted by atomic mass is 9.99. The number of benzene rings is 3. The molecule has 38 heavy (non-hydrogen) atoms. The zero-order valence-electron chi connectivity index (χ0n) is 20.7. The Hall–Kier alpha value is -3.66. The average Bonchev–Trinajstić information content (AvgIpc) is 2.96. The van der Waals surface area contributed by atoms with Crippen LogP contribution in [0.1, 0.15) is 38.0 Å². The van der Waals surface area contributed by atoms with Crippen molar-refractivity contribution in [3.8, 4) is 0 Å². The monoisotopic (exact) mass is 536 g/mol. The highest BCUT2D eigenvalue weighted by atomic mass is 32.2. The highest BCUT2D eigenvalue weighted by Crippen LogP contribution is 2.33. The molecule has 198 valence electrons. The Balaban J connectivity index is 1.57. The molecule has 1 saturated heterocycles. The van der Waals surface area contributed by atoms with Crippen LogP contribution in [0.3, 0.4) is 0 Å². The summed E-state index contributed by atoms with van der Waals surface area (Å²) in [6, 6.07) is 25.1. The largest absolute Gasteiger partial charge is 0.459 e. The number of hydrogen-bond donors (Lipinski definition) is 1. The molecule has 0 saturated carbocycles. The quantitative estimate of drug-likeness (QED) is 0.319. The molecule has 1 N–H and O–H groups in total. The lowest BCUT2D eigenvalue weighted by Gasteiger charge is -2.43. The van der Waals surface area contributed by atoms with Crippen LogP contribution in [-0.2, 0) is 18.9 Å². The maximum absolute atomic E-state index is 13.0. The molecule has 4 rings (SSSR count). The molecule has 1 aliphatic heterocycles. The van der Waals surface area contributed by atoms with Gasteiger partial charge in [0.05, 0.1) is 16.7 Å². The van der Waals surface area contributed by atoms with Gasteiger partial charge >= 0.3 is 17.9 Å². The fourth-order valence-corrected chi connectivity index (χ4v) is 4.88. The van der Waals surface area contributed by atoms with Crippen LogP contribution in [0.5, 0.6) is 0 Å². The summed E-state index contributed by atoms with van der Waals surface area (Å²) >= 11 is 1.32. The van der Waals surface area contributed by atoms with Crippen LogP contribution in [-0.4, -0.2) is 65.2 Å². The number of thioether (sulfide) groups is 1. The maximum Gasteiger partial charge on any atom is 0.338 e. The fourth-order valence-electron chi connectivity index (χ4n) is 3.93. The van der Waals surface area contributed by atoms with E-state index in [0.717, 1.165) is 0 Å². The summed E-state index contributed by atoms with van der Waals surface area (Å²) < 4.78 is 23.0. The molecule has 0 aliphatic carbocycles. The molecule has 0 bridgehead atoms. The van der Waals surface area contributed by atoms with Gasteiger partial charge in [-0.15, -0.1) is 11.8 Å². The van der Waals surface area contributed by atoms with E-state index in [1.807, 2.05) is 6.92 Å². The van der Waals surface area contributed by atoms with Crippen LogP contribution in [0, 0.1) is 0 Å². The van der Waals surface area contributed by atoms with Crippen molar-refractivity contribution in [1.82, 2.24) is 0 Å². The third kappa shape index (κ3) is 6.80. The van der Waals surface area contributed by atoms with Crippen molar-refractivity contribution in [1.29, 1.82) is 0 Å². The highest BCUT2D eigenvalue weighted by Gasteiger charge is 2.50. The minimum atomic E-state index is -1.45. The molecule has 0 amide bonds. The van der Waals surface area contributed by atoms with E-state index < -0.39 is 47.8 Å². The van der Waals surface area contributed by atoms with Gasteiger partial charge in [-0.3, -0.25) is 0 Å². The van der Waals surface area contributed by atoms with Crippen LogP contribution in [0.4, 0.5) is 0 Å². The summed E-state index contributed by atoms with van der Waals surface area (Å²) in [5, 5.41) is 11.3. The van der Waals surface area contributed by atoms with Gasteiger partial charge in [-0.2, -0.15) is 0 Å². The number of aliphatic hydroxyl groups is 1. The van der Waals surface area contributed by atoms with Crippen molar-refractivity contribution in [3.63, 3.8) is 0 Å². The maximum atomic E-state index is 13.0. The molecular weight excluding hydrogens is 508 g/mol. The van der Waals surface area contributed by atoms with E-state index in [1.165, 1.54) is 11.8 Å². The Kier molecular flexibility index (Phi) is 9.53. The summed E-state index contributed by atoms with van der Waals surface area (Å²) in [6.07, 6.45) is -4.90. The van der Waals surface area contributed by atoms with Crippen molar-refractivity contribution in [3.05, 3.63) is 108 Å². The van der Waals surface area contributed by atoms with E-state index in [0.29, 0.717) is 16.9 Å². The number of esters is 3. The van der Waals surface area contributed by atoms with Crippen molar-refractivity contribution in [2.45, 2.75) is 36.8 Å². The van der Waals surface area contributed by atoms with Gasteiger partial charge in [-0.1, -0.05) is 61.5 Å². The van der Waals surface area contributed by atoms with Crippen LogP contribution in [0.2, 0.25) is 0 Å². The summed E-state index contributed by atoms with van der Waals surface area (Å²) in [4.78, 5) is 38.4. The van der Waals surface area contributed by atoms with Gasteiger partial charge in [0, 0.05) is 0 Å². The molecule has 8 nitrogen and oxygen atoms in total. The van der Waals surface area contributed by atoms with Gasteiger partial charge in [0.2, 0.25) is 0 Å². The normalized spacial score (nSPS) is 22.7. The van der Waals surface area contributed by atoms with E-state index in [1.54, 1.807) is 91.0 Å². The third-order valence-electron chi connectivity index (χ3n) is 5.84. The highest BCUT2D eigenvalue weighted by molar-refractivity contribution is 7.99. The first-order chi connectivity index (χ1) is 18.5. The van der Waals surface area contributed by atoms with Crippen LogP contribution in [0.15, 0.2) is 91.0 Å². The smallest absolute Gasteiger partial charge is 0.338 e. The Labute approximate surface area is 224 Å². The van der Waals surface area contributed by atoms with Crippen molar-refractivity contribution in [2.75, 3.05) is 12.4 Å². The Morgan fingerprint density at radius 3 is 1.66 bits per heavy atom. The Morgan fingerprint density at radius 1 is 0.737 bits per heavy atom. The van der Waals surface area contributed by atoms with E-state index in [2.05, 4.69) is 0 Å². The zero-order valence-corrected chi connectivity index (χ0v) is 21.5. The van der Waals surface area contributed by atoms with Crippen molar-refractivity contribution >= 4 is 29.7 Å². The van der Waals surface area contributed by atoms with E-state index in [-0.39, 0.29) is 12.2 Å². The van der Waals surface area contributed by atoms with E-state index in [4.69, 9.17) is 18.9 Å². The average molecular weight is 537 g/mol. The van der Waals surface area contributed by atoms with Crippen LogP contribution >= 0.6 is 11.8 Å². The minimum absolute atomic E-state index is 0.270. The van der Waals surface area contributed by atoms with Crippen molar-refractivity contribution in [2.24, 2.45) is 0 Å². The molecule has 9 heteroatoms. The van der Waals surface area contributed by atoms with Gasteiger partial charge in [-0.05, 0) is 42.2 Å². The van der Waals surface area contributed by atoms with E-state index in [9.17, 15) is 19.5 Å². The van der Waals surface area contributed by atoms with Gasteiger partial charge < -0.3 is 24.1 Å². The molecule has 3 aromatic carbocycles.